The van der Waals surface area contributed by atoms with Crippen LogP contribution in [0.2, 0.25) is 0 Å². The van der Waals surface area contributed by atoms with E-state index in [1.807, 2.05) is 24.3 Å². The average Bonchev–Trinajstić information content (AvgIpc) is 2.62. The Balaban J connectivity index is 1.92. The second-order valence-electron chi connectivity index (χ2n) is 5.71. The molecule has 1 aromatic carbocycles. The molecule has 0 atom stereocenters. The van der Waals surface area contributed by atoms with Gasteiger partial charge in [-0.1, -0.05) is 18.2 Å². The van der Waals surface area contributed by atoms with E-state index in [-0.39, 0.29) is 24.5 Å². The lowest BCUT2D eigenvalue weighted by Gasteiger charge is -2.24. The first-order chi connectivity index (χ1) is 11.6. The maximum Gasteiger partial charge on any atom is 0.337 e. The van der Waals surface area contributed by atoms with Gasteiger partial charge in [0.05, 0.1) is 13.2 Å². The van der Waals surface area contributed by atoms with Crippen LogP contribution in [-0.2, 0) is 29.6 Å². The van der Waals surface area contributed by atoms with Gasteiger partial charge in [-0.15, -0.1) is 0 Å². The van der Waals surface area contributed by atoms with Crippen molar-refractivity contribution >= 4 is 13.4 Å². The highest BCUT2D eigenvalue weighted by molar-refractivity contribution is 7.54. The van der Waals surface area contributed by atoms with Gasteiger partial charge in [0, 0.05) is 33.5 Å². The molecule has 1 saturated heterocycles. The maximum atomic E-state index is 12.1. The standard InChI is InChI=1S/C17H25O6P/c1-20-24(19,21-2)13-15(18)8-7-14-5-3-4-6-17(14)23-16-9-11-22-12-10-16/h3-6,16H,7-13H2,1-2H3. The minimum atomic E-state index is -3.29. The van der Waals surface area contributed by atoms with Crippen LogP contribution in [0.3, 0.4) is 0 Å². The van der Waals surface area contributed by atoms with Gasteiger partial charge >= 0.3 is 7.60 Å². The number of para-hydroxylation sites is 1. The molecule has 0 aliphatic carbocycles. The largest absolute Gasteiger partial charge is 0.490 e. The summed E-state index contributed by atoms with van der Waals surface area (Å²) < 4.78 is 33.0. The zero-order valence-corrected chi connectivity index (χ0v) is 15.1. The number of benzene rings is 1. The van der Waals surface area contributed by atoms with E-state index < -0.39 is 7.60 Å². The molecule has 0 bridgehead atoms. The van der Waals surface area contributed by atoms with E-state index in [9.17, 15) is 9.36 Å². The molecule has 0 radical (unpaired) electrons. The first-order valence-corrected chi connectivity index (χ1v) is 9.83. The van der Waals surface area contributed by atoms with Crippen molar-refractivity contribution in [3.63, 3.8) is 0 Å². The van der Waals surface area contributed by atoms with Gasteiger partial charge in [0.15, 0.2) is 0 Å². The predicted molar refractivity (Wildman–Crippen MR) is 90.7 cm³/mol. The van der Waals surface area contributed by atoms with Crippen LogP contribution in [0.5, 0.6) is 5.75 Å². The molecule has 1 heterocycles. The molecule has 0 saturated carbocycles. The van der Waals surface area contributed by atoms with Gasteiger partial charge in [0.25, 0.3) is 0 Å². The fourth-order valence-electron chi connectivity index (χ4n) is 2.57. The minimum absolute atomic E-state index is 0.150. The van der Waals surface area contributed by atoms with Crippen LogP contribution in [0.4, 0.5) is 0 Å². The van der Waals surface area contributed by atoms with E-state index in [4.69, 9.17) is 18.5 Å². The van der Waals surface area contributed by atoms with Crippen molar-refractivity contribution < 1.29 is 27.9 Å². The number of carbonyl (C=O) groups is 1. The second-order valence-corrected chi connectivity index (χ2v) is 7.98. The topological polar surface area (TPSA) is 71.1 Å². The number of rotatable bonds is 9. The number of ketones is 1. The number of aryl methyl sites for hydroxylation is 1. The first kappa shape index (κ1) is 19.1. The Morgan fingerprint density at radius 2 is 1.88 bits per heavy atom. The summed E-state index contributed by atoms with van der Waals surface area (Å²) in [6, 6.07) is 7.72. The van der Waals surface area contributed by atoms with E-state index in [0.29, 0.717) is 19.6 Å². The van der Waals surface area contributed by atoms with Crippen molar-refractivity contribution in [2.75, 3.05) is 33.6 Å². The number of hydrogen-bond acceptors (Lipinski definition) is 6. The van der Waals surface area contributed by atoms with Crippen LogP contribution in [0.1, 0.15) is 24.8 Å². The summed E-state index contributed by atoms with van der Waals surface area (Å²) in [5, 5.41) is 0. The van der Waals surface area contributed by atoms with Crippen LogP contribution in [0.15, 0.2) is 24.3 Å². The van der Waals surface area contributed by atoms with Gasteiger partial charge < -0.3 is 18.5 Å². The molecule has 1 aliphatic heterocycles. The average molecular weight is 356 g/mol. The van der Waals surface area contributed by atoms with Crippen molar-refractivity contribution in [3.8, 4) is 5.75 Å². The summed E-state index contributed by atoms with van der Waals surface area (Å²) in [5.41, 5.74) is 0.974. The van der Waals surface area contributed by atoms with E-state index in [2.05, 4.69) is 0 Å². The number of Topliss-reactive ketones (excluding diaryl/α,β-unsaturated/α-hetero) is 1. The highest BCUT2D eigenvalue weighted by atomic mass is 31.2. The molecule has 24 heavy (non-hydrogen) atoms. The number of carbonyl (C=O) groups excluding carboxylic acids is 1. The lowest BCUT2D eigenvalue weighted by Crippen LogP contribution is -2.26. The van der Waals surface area contributed by atoms with E-state index in [1.165, 1.54) is 14.2 Å². The Morgan fingerprint density at radius 1 is 1.21 bits per heavy atom. The van der Waals surface area contributed by atoms with Crippen LogP contribution >= 0.6 is 7.60 Å². The molecule has 0 unspecified atom stereocenters. The molecule has 7 heteroatoms. The summed E-state index contributed by atoms with van der Waals surface area (Å²) in [5.74, 6) is 0.654. The Kier molecular flexibility index (Phi) is 7.43. The molecule has 0 aromatic heterocycles. The van der Waals surface area contributed by atoms with Gasteiger partial charge in [-0.3, -0.25) is 9.36 Å². The van der Waals surface area contributed by atoms with Gasteiger partial charge in [-0.05, 0) is 18.1 Å². The van der Waals surface area contributed by atoms with Crippen molar-refractivity contribution in [1.29, 1.82) is 0 Å². The van der Waals surface area contributed by atoms with Gasteiger partial charge in [0.1, 0.15) is 23.8 Å². The van der Waals surface area contributed by atoms with E-state index in [1.54, 1.807) is 0 Å². The molecule has 0 amide bonds. The number of ether oxygens (including phenoxy) is 2. The minimum Gasteiger partial charge on any atom is -0.490 e. The third-order valence-electron chi connectivity index (χ3n) is 4.03. The second kappa shape index (κ2) is 9.33. The van der Waals surface area contributed by atoms with Crippen LogP contribution < -0.4 is 4.74 Å². The molecule has 1 fully saturated rings. The fraction of sp³-hybridized carbons (Fsp3) is 0.588. The summed E-state index contributed by atoms with van der Waals surface area (Å²) in [6.07, 6.45) is 2.49. The van der Waals surface area contributed by atoms with Crippen molar-refractivity contribution in [3.05, 3.63) is 29.8 Å². The predicted octanol–water partition coefficient (Wildman–Crippen LogP) is 3.23. The van der Waals surface area contributed by atoms with Crippen LogP contribution in [0, 0.1) is 0 Å². The van der Waals surface area contributed by atoms with Crippen molar-refractivity contribution in [2.24, 2.45) is 0 Å². The van der Waals surface area contributed by atoms with E-state index >= 15 is 0 Å². The lowest BCUT2D eigenvalue weighted by atomic mass is 10.1. The van der Waals surface area contributed by atoms with Crippen molar-refractivity contribution in [2.45, 2.75) is 31.8 Å². The Bertz CT molecular complexity index is 574. The summed E-state index contributed by atoms with van der Waals surface area (Å²) in [6.45, 7) is 1.43. The molecular formula is C17H25O6P. The Labute approximate surface area is 143 Å². The monoisotopic (exact) mass is 356 g/mol. The first-order valence-electron chi connectivity index (χ1n) is 8.11. The normalized spacial score (nSPS) is 16.1. The lowest BCUT2D eigenvalue weighted by molar-refractivity contribution is -0.116. The van der Waals surface area contributed by atoms with Crippen LogP contribution in [0.25, 0.3) is 0 Å². The Morgan fingerprint density at radius 3 is 2.54 bits per heavy atom. The molecule has 2 rings (SSSR count). The molecule has 0 spiro atoms. The summed E-state index contributed by atoms with van der Waals surface area (Å²) in [4.78, 5) is 12.1. The fourth-order valence-corrected chi connectivity index (χ4v) is 3.57. The van der Waals surface area contributed by atoms with E-state index in [0.717, 1.165) is 24.2 Å². The van der Waals surface area contributed by atoms with Gasteiger partial charge in [-0.25, -0.2) is 0 Å². The zero-order chi connectivity index (χ0) is 17.4. The third kappa shape index (κ3) is 5.71. The molecular weight excluding hydrogens is 331 g/mol. The highest BCUT2D eigenvalue weighted by Gasteiger charge is 2.25. The maximum absolute atomic E-state index is 12.1. The van der Waals surface area contributed by atoms with Crippen LogP contribution in [-0.4, -0.2) is 45.5 Å². The smallest absolute Gasteiger partial charge is 0.337 e. The SMILES string of the molecule is COP(=O)(CC(=O)CCc1ccccc1OC1CCOCC1)OC. The quantitative estimate of drug-likeness (QED) is 0.633. The molecule has 6 nitrogen and oxygen atoms in total. The molecule has 1 aliphatic rings. The zero-order valence-electron chi connectivity index (χ0n) is 14.2. The summed E-state index contributed by atoms with van der Waals surface area (Å²) in [7, 11) is -0.721. The molecule has 134 valence electrons. The van der Waals surface area contributed by atoms with Gasteiger partial charge in [0.2, 0.25) is 0 Å². The third-order valence-corrected chi connectivity index (χ3v) is 5.89. The number of hydrogen-bond donors (Lipinski definition) is 0. The summed E-state index contributed by atoms with van der Waals surface area (Å²) >= 11 is 0. The van der Waals surface area contributed by atoms with Crippen molar-refractivity contribution in [1.82, 2.24) is 0 Å². The highest BCUT2D eigenvalue weighted by Crippen LogP contribution is 2.46. The van der Waals surface area contributed by atoms with Gasteiger partial charge in [-0.2, -0.15) is 0 Å². The Hall–Kier alpha value is -1.20. The molecule has 0 N–H and O–H groups in total. The molecule has 1 aromatic rings.